The van der Waals surface area contributed by atoms with E-state index in [-0.39, 0.29) is 30.1 Å². The van der Waals surface area contributed by atoms with E-state index in [0.29, 0.717) is 11.3 Å². The number of thioether (sulfide) groups is 1. The molecule has 2 rings (SSSR count). The van der Waals surface area contributed by atoms with E-state index in [1.54, 1.807) is 6.08 Å². The number of carbonyl (C=O) groups excluding carboxylic acids is 3. The van der Waals surface area contributed by atoms with Gasteiger partial charge in [0.05, 0.1) is 4.91 Å². The Hall–Kier alpha value is -1.60. The minimum atomic E-state index is -0.312. The third-order valence-electron chi connectivity index (χ3n) is 3.43. The van der Waals surface area contributed by atoms with Gasteiger partial charge in [-0.1, -0.05) is 41.4 Å². The van der Waals surface area contributed by atoms with Gasteiger partial charge in [0.2, 0.25) is 5.91 Å². The van der Waals surface area contributed by atoms with Crippen molar-refractivity contribution in [3.8, 4) is 0 Å². The van der Waals surface area contributed by atoms with Gasteiger partial charge in [-0.05, 0) is 42.0 Å². The van der Waals surface area contributed by atoms with E-state index in [9.17, 15) is 14.4 Å². The van der Waals surface area contributed by atoms with Gasteiger partial charge >= 0.3 is 0 Å². The van der Waals surface area contributed by atoms with Gasteiger partial charge in [0, 0.05) is 24.0 Å². The number of hydrogen-bond donors (Lipinski definition) is 1. The molecule has 0 spiro atoms. The van der Waals surface area contributed by atoms with Gasteiger partial charge in [-0.25, -0.2) is 0 Å². The number of benzene rings is 1. The molecule has 1 aliphatic rings. The molecule has 1 N–H and O–H groups in total. The van der Waals surface area contributed by atoms with Crippen LogP contribution in [-0.4, -0.2) is 35.0 Å². The Kier molecular flexibility index (Phi) is 7.05. The number of unbranched alkanes of at least 4 members (excludes halogenated alkanes) is 1. The molecule has 1 aromatic rings. The molecule has 1 aromatic carbocycles. The SMILES string of the molecule is CCCCC(=O)NCCN1C(=O)SC(=Cc2cccc(Br)c2)C1=O. The molecule has 0 aliphatic carbocycles. The van der Waals surface area contributed by atoms with Gasteiger partial charge in [-0.2, -0.15) is 0 Å². The van der Waals surface area contributed by atoms with Crippen LogP contribution in [0.1, 0.15) is 31.7 Å². The normalized spacial score (nSPS) is 16.1. The van der Waals surface area contributed by atoms with Crippen LogP contribution in [0, 0.1) is 0 Å². The van der Waals surface area contributed by atoms with Crippen molar-refractivity contribution in [2.24, 2.45) is 0 Å². The number of rotatable bonds is 7. The highest BCUT2D eigenvalue weighted by Crippen LogP contribution is 2.32. The zero-order chi connectivity index (χ0) is 17.5. The van der Waals surface area contributed by atoms with Gasteiger partial charge in [0.15, 0.2) is 0 Å². The lowest BCUT2D eigenvalue weighted by molar-refractivity contribution is -0.124. The molecule has 7 heteroatoms. The van der Waals surface area contributed by atoms with E-state index in [4.69, 9.17) is 0 Å². The molecule has 5 nitrogen and oxygen atoms in total. The Bertz CT molecular complexity index is 676. The number of imide groups is 1. The fourth-order valence-corrected chi connectivity index (χ4v) is 3.46. The number of nitrogens with zero attached hydrogens (tertiary/aromatic N) is 1. The van der Waals surface area contributed by atoms with Crippen molar-refractivity contribution in [2.45, 2.75) is 26.2 Å². The lowest BCUT2D eigenvalue weighted by atomic mass is 10.2. The van der Waals surface area contributed by atoms with Crippen LogP contribution >= 0.6 is 27.7 Å². The summed E-state index contributed by atoms with van der Waals surface area (Å²) in [4.78, 5) is 37.5. The standard InChI is InChI=1S/C17H19BrN2O3S/c1-2-3-7-15(21)19-8-9-20-16(22)14(24-17(20)23)11-12-5-4-6-13(18)10-12/h4-6,10-11H,2-3,7-9H2,1H3,(H,19,21). The second kappa shape index (κ2) is 9.03. The molecule has 1 heterocycles. The van der Waals surface area contributed by atoms with Gasteiger partial charge in [0.1, 0.15) is 0 Å². The summed E-state index contributed by atoms with van der Waals surface area (Å²) in [5.74, 6) is -0.360. The third-order valence-corrected chi connectivity index (χ3v) is 4.84. The average molecular weight is 411 g/mol. The number of nitrogens with one attached hydrogen (secondary N) is 1. The molecule has 24 heavy (non-hydrogen) atoms. The highest BCUT2D eigenvalue weighted by Gasteiger charge is 2.34. The predicted octanol–water partition coefficient (Wildman–Crippen LogP) is 3.79. The molecule has 0 radical (unpaired) electrons. The van der Waals surface area contributed by atoms with E-state index >= 15 is 0 Å². The molecule has 0 saturated carbocycles. The van der Waals surface area contributed by atoms with Crippen molar-refractivity contribution in [1.82, 2.24) is 10.2 Å². The molecule has 1 fully saturated rings. The van der Waals surface area contributed by atoms with E-state index in [1.165, 1.54) is 4.90 Å². The Morgan fingerprint density at radius 2 is 2.17 bits per heavy atom. The first-order chi connectivity index (χ1) is 11.5. The minimum absolute atomic E-state index is 0.0477. The first-order valence-electron chi connectivity index (χ1n) is 7.79. The summed E-state index contributed by atoms with van der Waals surface area (Å²) in [6.07, 6.45) is 3.97. The van der Waals surface area contributed by atoms with Crippen LogP contribution in [0.5, 0.6) is 0 Å². The third kappa shape index (κ3) is 5.21. The van der Waals surface area contributed by atoms with Gasteiger partial charge in [-0.3, -0.25) is 19.3 Å². The van der Waals surface area contributed by atoms with Gasteiger partial charge < -0.3 is 5.32 Å². The quantitative estimate of drug-likeness (QED) is 0.694. The van der Waals surface area contributed by atoms with E-state index in [0.717, 1.165) is 34.6 Å². The van der Waals surface area contributed by atoms with Crippen molar-refractivity contribution in [2.75, 3.05) is 13.1 Å². The highest BCUT2D eigenvalue weighted by molar-refractivity contribution is 9.10. The van der Waals surface area contributed by atoms with E-state index in [1.807, 2.05) is 31.2 Å². The topological polar surface area (TPSA) is 66.5 Å². The number of amides is 3. The molecule has 0 aromatic heterocycles. The lowest BCUT2D eigenvalue weighted by Gasteiger charge is -2.12. The maximum Gasteiger partial charge on any atom is 0.293 e. The van der Waals surface area contributed by atoms with Gasteiger partial charge in [0.25, 0.3) is 11.1 Å². The number of hydrogen-bond acceptors (Lipinski definition) is 4. The predicted molar refractivity (Wildman–Crippen MR) is 99.4 cm³/mol. The first-order valence-corrected chi connectivity index (χ1v) is 9.40. The summed E-state index contributed by atoms with van der Waals surface area (Å²) >= 11 is 4.30. The molecular formula is C17H19BrN2O3S. The van der Waals surface area contributed by atoms with Crippen molar-refractivity contribution >= 4 is 50.8 Å². The Labute approximate surface area is 154 Å². The maximum atomic E-state index is 12.3. The van der Waals surface area contributed by atoms with Crippen molar-refractivity contribution < 1.29 is 14.4 Å². The summed E-state index contributed by atoms with van der Waals surface area (Å²) in [5.41, 5.74) is 0.850. The van der Waals surface area contributed by atoms with Crippen LogP contribution in [0.25, 0.3) is 6.08 Å². The molecule has 0 unspecified atom stereocenters. The molecule has 0 bridgehead atoms. The Balaban J connectivity index is 1.93. The lowest BCUT2D eigenvalue weighted by Crippen LogP contribution is -2.37. The second-order valence-electron chi connectivity index (χ2n) is 5.34. The van der Waals surface area contributed by atoms with Gasteiger partial charge in [-0.15, -0.1) is 0 Å². The zero-order valence-corrected chi connectivity index (χ0v) is 15.8. The van der Waals surface area contributed by atoms with Crippen molar-refractivity contribution in [1.29, 1.82) is 0 Å². The summed E-state index contributed by atoms with van der Waals surface area (Å²) in [7, 11) is 0. The van der Waals surface area contributed by atoms with Crippen LogP contribution in [-0.2, 0) is 9.59 Å². The Morgan fingerprint density at radius 3 is 2.88 bits per heavy atom. The molecule has 1 aliphatic heterocycles. The van der Waals surface area contributed by atoms with E-state index in [2.05, 4.69) is 21.2 Å². The molecule has 1 saturated heterocycles. The summed E-state index contributed by atoms with van der Waals surface area (Å²) in [6, 6.07) is 7.50. The monoisotopic (exact) mass is 410 g/mol. The van der Waals surface area contributed by atoms with Crippen LogP contribution < -0.4 is 5.32 Å². The number of halogens is 1. The van der Waals surface area contributed by atoms with Crippen LogP contribution in [0.3, 0.4) is 0 Å². The summed E-state index contributed by atoms with van der Waals surface area (Å²) in [5, 5.41) is 2.44. The molecule has 3 amide bonds. The fraction of sp³-hybridized carbons (Fsp3) is 0.353. The molecule has 0 atom stereocenters. The van der Waals surface area contributed by atoms with E-state index < -0.39 is 0 Å². The smallest absolute Gasteiger partial charge is 0.293 e. The molecular weight excluding hydrogens is 392 g/mol. The largest absolute Gasteiger partial charge is 0.354 e. The highest BCUT2D eigenvalue weighted by atomic mass is 79.9. The zero-order valence-electron chi connectivity index (χ0n) is 13.4. The summed E-state index contributed by atoms with van der Waals surface area (Å²) < 4.78 is 0.908. The average Bonchev–Trinajstić information content (AvgIpc) is 2.80. The molecule has 128 valence electrons. The van der Waals surface area contributed by atoms with Crippen molar-refractivity contribution in [3.05, 3.63) is 39.2 Å². The number of carbonyl (C=O) groups is 3. The fourth-order valence-electron chi connectivity index (χ4n) is 2.17. The maximum absolute atomic E-state index is 12.3. The van der Waals surface area contributed by atoms with Crippen LogP contribution in [0.4, 0.5) is 4.79 Å². The minimum Gasteiger partial charge on any atom is -0.354 e. The second-order valence-corrected chi connectivity index (χ2v) is 7.25. The Morgan fingerprint density at radius 1 is 1.38 bits per heavy atom. The van der Waals surface area contributed by atoms with Crippen LogP contribution in [0.15, 0.2) is 33.6 Å². The summed E-state index contributed by atoms with van der Waals surface area (Å²) in [6.45, 7) is 2.49. The van der Waals surface area contributed by atoms with Crippen molar-refractivity contribution in [3.63, 3.8) is 0 Å². The first kappa shape index (κ1) is 18.7. The van der Waals surface area contributed by atoms with Crippen LogP contribution in [0.2, 0.25) is 0 Å².